The summed E-state index contributed by atoms with van der Waals surface area (Å²) in [5.41, 5.74) is 2.29. The third-order valence-electron chi connectivity index (χ3n) is 3.34. The monoisotopic (exact) mass is 262 g/mol. The zero-order valence-corrected chi connectivity index (χ0v) is 12.4. The van der Waals surface area contributed by atoms with Gasteiger partial charge in [-0.1, -0.05) is 26.7 Å². The van der Waals surface area contributed by atoms with Crippen LogP contribution < -0.4 is 10.1 Å². The smallest absolute Gasteiger partial charge is 0.213 e. The molecule has 19 heavy (non-hydrogen) atoms. The Bertz CT molecular complexity index is 373. The summed E-state index contributed by atoms with van der Waals surface area (Å²) in [6, 6.07) is 4.19. The minimum Gasteiger partial charge on any atom is -0.478 e. The molecule has 3 heteroatoms. The van der Waals surface area contributed by atoms with Crippen molar-refractivity contribution in [1.29, 1.82) is 0 Å². The van der Waals surface area contributed by atoms with E-state index in [4.69, 9.17) is 4.74 Å². The number of ether oxygens (including phenoxy) is 1. The van der Waals surface area contributed by atoms with Crippen molar-refractivity contribution in [3.63, 3.8) is 0 Å². The maximum Gasteiger partial charge on any atom is 0.213 e. The molecule has 0 radical (unpaired) electrons. The highest BCUT2D eigenvalue weighted by atomic mass is 16.5. The van der Waals surface area contributed by atoms with Crippen LogP contribution in [0.15, 0.2) is 12.1 Å². The van der Waals surface area contributed by atoms with Crippen molar-refractivity contribution in [2.45, 2.75) is 46.6 Å². The number of nitrogens with one attached hydrogen (secondary N) is 1. The molecule has 0 atom stereocenters. The quantitative estimate of drug-likeness (QED) is 0.780. The van der Waals surface area contributed by atoms with Crippen molar-refractivity contribution < 1.29 is 4.74 Å². The molecule has 0 spiro atoms. The van der Waals surface area contributed by atoms with E-state index < -0.39 is 0 Å². The van der Waals surface area contributed by atoms with Crippen LogP contribution in [0.2, 0.25) is 0 Å². The molecule has 0 aliphatic heterocycles. The van der Waals surface area contributed by atoms with Crippen LogP contribution in [-0.2, 0) is 6.54 Å². The first-order valence-corrected chi connectivity index (χ1v) is 7.44. The number of hydrogen-bond donors (Lipinski definition) is 1. The first kappa shape index (κ1) is 14.3. The SMILES string of the molecule is Cc1cc(CNCC(C)C)cc(OCCC2CC2)n1. The van der Waals surface area contributed by atoms with E-state index in [1.165, 1.54) is 24.8 Å². The van der Waals surface area contributed by atoms with Crippen LogP contribution in [0.4, 0.5) is 0 Å². The molecule has 1 aromatic rings. The van der Waals surface area contributed by atoms with Gasteiger partial charge in [-0.2, -0.15) is 0 Å². The molecule has 0 saturated heterocycles. The lowest BCUT2D eigenvalue weighted by Gasteiger charge is -2.10. The van der Waals surface area contributed by atoms with Gasteiger partial charge in [0.1, 0.15) is 0 Å². The summed E-state index contributed by atoms with van der Waals surface area (Å²) in [6.45, 7) is 9.20. The summed E-state index contributed by atoms with van der Waals surface area (Å²) in [6.07, 6.45) is 3.94. The van der Waals surface area contributed by atoms with E-state index in [1.807, 2.05) is 6.92 Å². The number of nitrogens with zero attached hydrogens (tertiary/aromatic N) is 1. The van der Waals surface area contributed by atoms with E-state index in [1.54, 1.807) is 0 Å². The van der Waals surface area contributed by atoms with Gasteiger partial charge in [-0.05, 0) is 43.4 Å². The lowest BCUT2D eigenvalue weighted by Crippen LogP contribution is -2.19. The van der Waals surface area contributed by atoms with Crippen LogP contribution in [0.25, 0.3) is 0 Å². The van der Waals surface area contributed by atoms with Gasteiger partial charge in [-0.15, -0.1) is 0 Å². The predicted octanol–water partition coefficient (Wildman–Crippen LogP) is 3.31. The molecule has 0 bridgehead atoms. The molecule has 1 aliphatic rings. The summed E-state index contributed by atoms with van der Waals surface area (Å²) >= 11 is 0. The zero-order valence-electron chi connectivity index (χ0n) is 12.4. The Morgan fingerprint density at radius 1 is 1.37 bits per heavy atom. The Hall–Kier alpha value is -1.09. The average molecular weight is 262 g/mol. The predicted molar refractivity (Wildman–Crippen MR) is 78.4 cm³/mol. The molecule has 3 nitrogen and oxygen atoms in total. The van der Waals surface area contributed by atoms with E-state index in [2.05, 4.69) is 36.3 Å². The lowest BCUT2D eigenvalue weighted by atomic mass is 10.2. The third kappa shape index (κ3) is 5.60. The van der Waals surface area contributed by atoms with E-state index in [0.29, 0.717) is 5.92 Å². The van der Waals surface area contributed by atoms with Crippen LogP contribution in [-0.4, -0.2) is 18.1 Å². The van der Waals surface area contributed by atoms with Crippen molar-refractivity contribution >= 4 is 0 Å². The molecule has 1 N–H and O–H groups in total. The van der Waals surface area contributed by atoms with Crippen LogP contribution >= 0.6 is 0 Å². The van der Waals surface area contributed by atoms with Crippen LogP contribution in [0, 0.1) is 18.8 Å². The van der Waals surface area contributed by atoms with E-state index >= 15 is 0 Å². The normalized spacial score (nSPS) is 14.9. The van der Waals surface area contributed by atoms with E-state index in [-0.39, 0.29) is 0 Å². The van der Waals surface area contributed by atoms with Gasteiger partial charge in [-0.25, -0.2) is 4.98 Å². The third-order valence-corrected chi connectivity index (χ3v) is 3.34. The summed E-state index contributed by atoms with van der Waals surface area (Å²) in [4.78, 5) is 4.44. The number of aryl methyl sites for hydroxylation is 1. The Balaban J connectivity index is 1.82. The summed E-state index contributed by atoms with van der Waals surface area (Å²) in [5.74, 6) is 2.37. The second-order valence-corrected chi connectivity index (χ2v) is 6.06. The number of pyridine rings is 1. The molecule has 106 valence electrons. The van der Waals surface area contributed by atoms with Gasteiger partial charge in [-0.3, -0.25) is 0 Å². The fraction of sp³-hybridized carbons (Fsp3) is 0.688. The number of aromatic nitrogens is 1. The highest BCUT2D eigenvalue weighted by Gasteiger charge is 2.20. The van der Waals surface area contributed by atoms with Gasteiger partial charge >= 0.3 is 0 Å². The second kappa shape index (κ2) is 6.90. The van der Waals surface area contributed by atoms with Crippen molar-refractivity contribution in [2.24, 2.45) is 11.8 Å². The average Bonchev–Trinajstić information content (AvgIpc) is 3.12. The maximum absolute atomic E-state index is 5.77. The Morgan fingerprint density at radius 3 is 2.84 bits per heavy atom. The molecule has 1 aromatic heterocycles. The molecule has 1 heterocycles. The highest BCUT2D eigenvalue weighted by Crippen LogP contribution is 2.32. The second-order valence-electron chi connectivity index (χ2n) is 6.06. The van der Waals surface area contributed by atoms with Crippen molar-refractivity contribution in [1.82, 2.24) is 10.3 Å². The molecular weight excluding hydrogens is 236 g/mol. The summed E-state index contributed by atoms with van der Waals surface area (Å²) < 4.78 is 5.77. The summed E-state index contributed by atoms with van der Waals surface area (Å²) in [7, 11) is 0. The van der Waals surface area contributed by atoms with Crippen LogP contribution in [0.5, 0.6) is 5.88 Å². The van der Waals surface area contributed by atoms with Gasteiger partial charge in [0.25, 0.3) is 0 Å². The van der Waals surface area contributed by atoms with Crippen LogP contribution in [0.3, 0.4) is 0 Å². The fourth-order valence-corrected chi connectivity index (χ4v) is 2.12. The first-order chi connectivity index (χ1) is 9.13. The molecule has 2 rings (SSSR count). The van der Waals surface area contributed by atoms with Gasteiger partial charge < -0.3 is 10.1 Å². The van der Waals surface area contributed by atoms with E-state index in [9.17, 15) is 0 Å². The molecule has 0 aromatic carbocycles. The standard InChI is InChI=1S/C16H26N2O/c1-12(2)10-17-11-15-8-13(3)18-16(9-15)19-7-6-14-4-5-14/h8-9,12,14,17H,4-7,10-11H2,1-3H3. The van der Waals surface area contributed by atoms with Gasteiger partial charge in [0.15, 0.2) is 0 Å². The van der Waals surface area contributed by atoms with Gasteiger partial charge in [0, 0.05) is 18.3 Å². The minimum atomic E-state index is 0.678. The zero-order chi connectivity index (χ0) is 13.7. The maximum atomic E-state index is 5.77. The van der Waals surface area contributed by atoms with Crippen molar-refractivity contribution in [3.8, 4) is 5.88 Å². The van der Waals surface area contributed by atoms with Crippen molar-refractivity contribution in [2.75, 3.05) is 13.2 Å². The molecule has 0 amide bonds. The topological polar surface area (TPSA) is 34.1 Å². The number of hydrogen-bond acceptors (Lipinski definition) is 3. The van der Waals surface area contributed by atoms with Gasteiger partial charge in [0.2, 0.25) is 5.88 Å². The Morgan fingerprint density at radius 2 is 2.16 bits per heavy atom. The molecule has 0 unspecified atom stereocenters. The Labute approximate surface area is 116 Å². The van der Waals surface area contributed by atoms with E-state index in [0.717, 1.165) is 37.2 Å². The molecule has 1 fully saturated rings. The van der Waals surface area contributed by atoms with Crippen LogP contribution in [0.1, 0.15) is 44.4 Å². The molecule has 1 aliphatic carbocycles. The minimum absolute atomic E-state index is 0.678. The summed E-state index contributed by atoms with van der Waals surface area (Å²) in [5, 5.41) is 3.46. The first-order valence-electron chi connectivity index (χ1n) is 7.44. The van der Waals surface area contributed by atoms with Gasteiger partial charge in [0.05, 0.1) is 6.61 Å². The largest absolute Gasteiger partial charge is 0.478 e. The lowest BCUT2D eigenvalue weighted by molar-refractivity contribution is 0.290. The Kier molecular flexibility index (Phi) is 5.20. The molecular formula is C16H26N2O. The van der Waals surface area contributed by atoms with Crippen molar-refractivity contribution in [3.05, 3.63) is 23.4 Å². The fourth-order valence-electron chi connectivity index (χ4n) is 2.12. The number of rotatable bonds is 8. The molecule has 1 saturated carbocycles. The highest BCUT2D eigenvalue weighted by molar-refractivity contribution is 5.24.